The molecular formula is C17H13ClO4. The zero-order chi connectivity index (χ0) is 15.4. The number of ether oxygens (including phenoxy) is 2. The van der Waals surface area contributed by atoms with Crippen molar-refractivity contribution in [3.63, 3.8) is 0 Å². The van der Waals surface area contributed by atoms with Crippen LogP contribution in [-0.2, 0) is 0 Å². The van der Waals surface area contributed by atoms with Crippen molar-refractivity contribution in [1.29, 1.82) is 0 Å². The molecule has 112 valence electrons. The van der Waals surface area contributed by atoms with E-state index in [9.17, 15) is 4.79 Å². The number of benzene rings is 2. The molecule has 0 aliphatic carbocycles. The van der Waals surface area contributed by atoms with Gasteiger partial charge in [0.05, 0.1) is 5.02 Å². The van der Waals surface area contributed by atoms with Crippen molar-refractivity contribution in [2.75, 3.05) is 13.2 Å². The molecule has 0 saturated heterocycles. The lowest BCUT2D eigenvalue weighted by Crippen LogP contribution is -2.09. The first-order valence-corrected chi connectivity index (χ1v) is 7.14. The van der Waals surface area contributed by atoms with Gasteiger partial charge in [-0.15, -0.1) is 0 Å². The van der Waals surface area contributed by atoms with Gasteiger partial charge in [-0.05, 0) is 30.3 Å². The fraction of sp³-hybridized carbons (Fsp3) is 0.118. The molecule has 3 rings (SSSR count). The van der Waals surface area contributed by atoms with Crippen molar-refractivity contribution < 1.29 is 13.9 Å². The first-order valence-electron chi connectivity index (χ1n) is 6.76. The van der Waals surface area contributed by atoms with Crippen LogP contribution in [0.15, 0.2) is 63.8 Å². The van der Waals surface area contributed by atoms with Crippen molar-refractivity contribution in [1.82, 2.24) is 0 Å². The molecule has 0 aliphatic rings. The number of hydrogen-bond donors (Lipinski definition) is 0. The first-order chi connectivity index (χ1) is 10.7. The van der Waals surface area contributed by atoms with Crippen LogP contribution in [0.4, 0.5) is 0 Å². The molecule has 0 amide bonds. The minimum absolute atomic E-state index is 0.355. The van der Waals surface area contributed by atoms with Crippen molar-refractivity contribution in [3.05, 3.63) is 70.0 Å². The number of hydrogen-bond acceptors (Lipinski definition) is 4. The molecule has 22 heavy (non-hydrogen) atoms. The van der Waals surface area contributed by atoms with Crippen LogP contribution in [0, 0.1) is 0 Å². The first kappa shape index (κ1) is 14.5. The standard InChI is InChI=1S/C17H13ClO4/c18-14-3-1-2-4-15(14)21-10-9-20-13-7-5-12-6-8-17(19)22-16(12)11-13/h1-8,11H,9-10H2. The van der Waals surface area contributed by atoms with Crippen molar-refractivity contribution in [3.8, 4) is 11.5 Å². The Labute approximate surface area is 131 Å². The molecule has 0 atom stereocenters. The predicted molar refractivity (Wildman–Crippen MR) is 84.9 cm³/mol. The van der Waals surface area contributed by atoms with Crippen LogP contribution < -0.4 is 15.1 Å². The van der Waals surface area contributed by atoms with E-state index in [1.165, 1.54) is 6.07 Å². The van der Waals surface area contributed by atoms with Crippen LogP contribution in [0.25, 0.3) is 11.0 Å². The van der Waals surface area contributed by atoms with E-state index in [4.69, 9.17) is 25.5 Å². The quantitative estimate of drug-likeness (QED) is 0.529. The largest absolute Gasteiger partial charge is 0.490 e. The lowest BCUT2D eigenvalue weighted by atomic mass is 10.2. The minimum Gasteiger partial charge on any atom is -0.490 e. The Morgan fingerprint density at radius 1 is 0.955 bits per heavy atom. The van der Waals surface area contributed by atoms with Gasteiger partial charge >= 0.3 is 5.63 Å². The van der Waals surface area contributed by atoms with Crippen LogP contribution in [-0.4, -0.2) is 13.2 Å². The third-order valence-electron chi connectivity index (χ3n) is 3.04. The Kier molecular flexibility index (Phi) is 4.30. The van der Waals surface area contributed by atoms with E-state index in [0.29, 0.717) is 35.3 Å². The second-order valence-corrected chi connectivity index (χ2v) is 4.99. The Morgan fingerprint density at radius 2 is 1.73 bits per heavy atom. The molecule has 0 N–H and O–H groups in total. The summed E-state index contributed by atoms with van der Waals surface area (Å²) >= 11 is 5.99. The zero-order valence-electron chi connectivity index (χ0n) is 11.6. The number of rotatable bonds is 5. The molecule has 1 aromatic heterocycles. The molecule has 3 aromatic rings. The number of fused-ring (bicyclic) bond motifs is 1. The highest BCUT2D eigenvalue weighted by molar-refractivity contribution is 6.32. The van der Waals surface area contributed by atoms with E-state index >= 15 is 0 Å². The summed E-state index contributed by atoms with van der Waals surface area (Å²) in [6.45, 7) is 0.717. The van der Waals surface area contributed by atoms with Gasteiger partial charge in [-0.3, -0.25) is 0 Å². The molecule has 2 aromatic carbocycles. The van der Waals surface area contributed by atoms with E-state index in [0.717, 1.165) is 5.39 Å². The van der Waals surface area contributed by atoms with Crippen LogP contribution in [0.2, 0.25) is 5.02 Å². The van der Waals surface area contributed by atoms with Crippen LogP contribution >= 0.6 is 11.6 Å². The molecule has 0 aliphatic heterocycles. The van der Waals surface area contributed by atoms with Gasteiger partial charge < -0.3 is 13.9 Å². The summed E-state index contributed by atoms with van der Waals surface area (Å²) in [4.78, 5) is 11.2. The highest BCUT2D eigenvalue weighted by Gasteiger charge is 2.02. The third kappa shape index (κ3) is 3.40. The van der Waals surface area contributed by atoms with Crippen LogP contribution in [0.1, 0.15) is 0 Å². The lowest BCUT2D eigenvalue weighted by Gasteiger charge is -2.09. The predicted octanol–water partition coefficient (Wildman–Crippen LogP) is 3.90. The average Bonchev–Trinajstić information content (AvgIpc) is 2.52. The Balaban J connectivity index is 1.60. The molecule has 4 nitrogen and oxygen atoms in total. The molecule has 0 fully saturated rings. The second-order valence-electron chi connectivity index (χ2n) is 4.58. The summed E-state index contributed by atoms with van der Waals surface area (Å²) in [7, 11) is 0. The Morgan fingerprint density at radius 3 is 2.59 bits per heavy atom. The monoisotopic (exact) mass is 316 g/mol. The molecular weight excluding hydrogens is 304 g/mol. The molecule has 0 saturated carbocycles. The topological polar surface area (TPSA) is 48.7 Å². The van der Waals surface area contributed by atoms with Gasteiger partial charge in [0.25, 0.3) is 0 Å². The summed E-state index contributed by atoms with van der Waals surface area (Å²) in [5, 5.41) is 1.41. The van der Waals surface area contributed by atoms with E-state index in [1.54, 1.807) is 24.3 Å². The number of para-hydroxylation sites is 1. The molecule has 0 radical (unpaired) electrons. The normalized spacial score (nSPS) is 10.6. The van der Waals surface area contributed by atoms with Crippen molar-refractivity contribution in [2.24, 2.45) is 0 Å². The van der Waals surface area contributed by atoms with Gasteiger partial charge in [0.1, 0.15) is 30.3 Å². The Bertz CT molecular complexity index is 841. The Hall–Kier alpha value is -2.46. The molecule has 0 bridgehead atoms. The van der Waals surface area contributed by atoms with Gasteiger partial charge in [-0.25, -0.2) is 4.79 Å². The average molecular weight is 317 g/mol. The summed E-state index contributed by atoms with van der Waals surface area (Å²) in [6.07, 6.45) is 0. The van der Waals surface area contributed by atoms with Gasteiger partial charge in [0.15, 0.2) is 0 Å². The highest BCUT2D eigenvalue weighted by Crippen LogP contribution is 2.23. The third-order valence-corrected chi connectivity index (χ3v) is 3.35. The summed E-state index contributed by atoms with van der Waals surface area (Å²) in [6, 6.07) is 15.7. The lowest BCUT2D eigenvalue weighted by molar-refractivity contribution is 0.217. The maximum absolute atomic E-state index is 11.2. The van der Waals surface area contributed by atoms with E-state index in [-0.39, 0.29) is 5.63 Å². The fourth-order valence-electron chi connectivity index (χ4n) is 2.00. The van der Waals surface area contributed by atoms with Crippen molar-refractivity contribution in [2.45, 2.75) is 0 Å². The number of halogens is 1. The molecule has 0 unspecified atom stereocenters. The molecule has 1 heterocycles. The van der Waals surface area contributed by atoms with Crippen molar-refractivity contribution >= 4 is 22.6 Å². The fourth-order valence-corrected chi connectivity index (χ4v) is 2.19. The van der Waals surface area contributed by atoms with Gasteiger partial charge in [-0.2, -0.15) is 0 Å². The van der Waals surface area contributed by atoms with Crippen LogP contribution in [0.5, 0.6) is 11.5 Å². The van der Waals surface area contributed by atoms with Gasteiger partial charge in [0, 0.05) is 17.5 Å². The molecule has 5 heteroatoms. The van der Waals surface area contributed by atoms with E-state index in [2.05, 4.69) is 0 Å². The van der Waals surface area contributed by atoms with Gasteiger partial charge in [0.2, 0.25) is 0 Å². The van der Waals surface area contributed by atoms with E-state index < -0.39 is 0 Å². The maximum atomic E-state index is 11.2. The SMILES string of the molecule is O=c1ccc2ccc(OCCOc3ccccc3Cl)cc2o1. The smallest absolute Gasteiger partial charge is 0.336 e. The summed E-state index contributed by atoms with van der Waals surface area (Å²) in [5.74, 6) is 1.24. The van der Waals surface area contributed by atoms with Crippen LogP contribution in [0.3, 0.4) is 0 Å². The highest BCUT2D eigenvalue weighted by atomic mass is 35.5. The maximum Gasteiger partial charge on any atom is 0.336 e. The summed E-state index contributed by atoms with van der Waals surface area (Å²) < 4.78 is 16.2. The zero-order valence-corrected chi connectivity index (χ0v) is 12.4. The van der Waals surface area contributed by atoms with E-state index in [1.807, 2.05) is 24.3 Å². The minimum atomic E-state index is -0.383. The molecule has 0 spiro atoms. The second kappa shape index (κ2) is 6.54. The van der Waals surface area contributed by atoms with Gasteiger partial charge in [-0.1, -0.05) is 23.7 Å². The summed E-state index contributed by atoms with van der Waals surface area (Å²) in [5.41, 5.74) is 0.115.